The Balaban J connectivity index is 1.93. The second-order valence-corrected chi connectivity index (χ2v) is 9.03. The van der Waals surface area contributed by atoms with Gasteiger partial charge in [-0.05, 0) is 49.2 Å². The fraction of sp³-hybridized carbons (Fsp3) is 0.381. The molecule has 31 heavy (non-hydrogen) atoms. The SMILES string of the molecule is CCOc1ccc(S(=O)(=O)N(C)CC(=O)NCCc2ccc(OC)c(OC)c2)cc1Cl. The molecule has 1 amide bonds. The van der Waals surface area contributed by atoms with E-state index in [4.69, 9.17) is 25.8 Å². The summed E-state index contributed by atoms with van der Waals surface area (Å²) in [6.45, 7) is 2.24. The molecule has 0 aliphatic carbocycles. The quantitative estimate of drug-likeness (QED) is 0.542. The lowest BCUT2D eigenvalue weighted by atomic mass is 10.1. The first-order chi connectivity index (χ1) is 14.7. The zero-order valence-corrected chi connectivity index (χ0v) is 19.5. The van der Waals surface area contributed by atoms with Crippen LogP contribution in [0.1, 0.15) is 12.5 Å². The molecule has 10 heteroatoms. The highest BCUT2D eigenvalue weighted by atomic mass is 35.5. The van der Waals surface area contributed by atoms with Crippen molar-refractivity contribution >= 4 is 27.5 Å². The number of sulfonamides is 1. The van der Waals surface area contributed by atoms with Crippen LogP contribution in [-0.4, -0.2) is 59.6 Å². The lowest BCUT2D eigenvalue weighted by Crippen LogP contribution is -2.39. The van der Waals surface area contributed by atoms with Gasteiger partial charge >= 0.3 is 0 Å². The summed E-state index contributed by atoms with van der Waals surface area (Å²) < 4.78 is 42.2. The van der Waals surface area contributed by atoms with Crippen LogP contribution in [0.5, 0.6) is 17.2 Å². The molecule has 0 aliphatic heterocycles. The van der Waals surface area contributed by atoms with Crippen LogP contribution in [0.2, 0.25) is 5.02 Å². The first-order valence-corrected chi connectivity index (χ1v) is 11.4. The van der Waals surface area contributed by atoms with E-state index in [1.54, 1.807) is 27.2 Å². The van der Waals surface area contributed by atoms with Gasteiger partial charge in [-0.15, -0.1) is 0 Å². The van der Waals surface area contributed by atoms with Gasteiger partial charge in [0, 0.05) is 13.6 Å². The highest BCUT2D eigenvalue weighted by Gasteiger charge is 2.24. The summed E-state index contributed by atoms with van der Waals surface area (Å²) in [7, 11) is 0.573. The topological polar surface area (TPSA) is 94.2 Å². The average molecular weight is 471 g/mol. The lowest BCUT2D eigenvalue weighted by Gasteiger charge is -2.17. The van der Waals surface area contributed by atoms with Gasteiger partial charge in [0.2, 0.25) is 15.9 Å². The molecular weight excluding hydrogens is 444 g/mol. The molecule has 0 fully saturated rings. The third-order valence-corrected chi connectivity index (χ3v) is 6.56. The molecular formula is C21H27ClN2O6S. The number of methoxy groups -OCH3 is 2. The van der Waals surface area contributed by atoms with E-state index in [-0.39, 0.29) is 16.5 Å². The Bertz CT molecular complexity index is 1010. The van der Waals surface area contributed by atoms with Gasteiger partial charge < -0.3 is 19.5 Å². The lowest BCUT2D eigenvalue weighted by molar-refractivity contribution is -0.121. The largest absolute Gasteiger partial charge is 0.493 e. The normalized spacial score (nSPS) is 11.3. The van der Waals surface area contributed by atoms with E-state index in [0.29, 0.717) is 36.8 Å². The predicted octanol–water partition coefficient (Wildman–Crippen LogP) is 2.74. The Labute approximate surface area is 188 Å². The van der Waals surface area contributed by atoms with Gasteiger partial charge in [0.1, 0.15) is 5.75 Å². The number of rotatable bonds is 11. The second-order valence-electron chi connectivity index (χ2n) is 6.58. The number of amides is 1. The molecule has 170 valence electrons. The number of carbonyl (C=O) groups excluding carboxylic acids is 1. The van der Waals surface area contributed by atoms with Crippen molar-refractivity contribution in [3.8, 4) is 17.2 Å². The fourth-order valence-electron chi connectivity index (χ4n) is 2.82. The van der Waals surface area contributed by atoms with Gasteiger partial charge in [-0.3, -0.25) is 4.79 Å². The van der Waals surface area contributed by atoms with Crippen molar-refractivity contribution in [1.82, 2.24) is 9.62 Å². The molecule has 0 unspecified atom stereocenters. The highest BCUT2D eigenvalue weighted by molar-refractivity contribution is 7.89. The first-order valence-electron chi connectivity index (χ1n) is 9.59. The van der Waals surface area contributed by atoms with E-state index in [1.807, 2.05) is 12.1 Å². The Kier molecular flexibility index (Phi) is 8.97. The standard InChI is InChI=1S/C21H27ClN2O6S/c1-5-30-18-9-7-16(13-17(18)22)31(26,27)24(2)14-21(25)23-11-10-15-6-8-19(28-3)20(12-15)29-4/h6-9,12-13H,5,10-11,14H2,1-4H3,(H,23,25). The maximum atomic E-state index is 12.7. The predicted molar refractivity (Wildman–Crippen MR) is 119 cm³/mol. The summed E-state index contributed by atoms with van der Waals surface area (Å²) >= 11 is 6.09. The van der Waals surface area contributed by atoms with E-state index in [0.717, 1.165) is 9.87 Å². The van der Waals surface area contributed by atoms with Crippen LogP contribution in [-0.2, 0) is 21.2 Å². The van der Waals surface area contributed by atoms with E-state index in [2.05, 4.69) is 5.32 Å². The molecule has 0 atom stereocenters. The fourth-order valence-corrected chi connectivity index (χ4v) is 4.27. The molecule has 0 heterocycles. The minimum absolute atomic E-state index is 0.0124. The number of benzene rings is 2. The van der Waals surface area contributed by atoms with Crippen LogP contribution < -0.4 is 19.5 Å². The number of ether oxygens (including phenoxy) is 3. The van der Waals surface area contributed by atoms with Crippen LogP contribution in [0.3, 0.4) is 0 Å². The molecule has 1 N–H and O–H groups in total. The van der Waals surface area contributed by atoms with Crippen LogP contribution in [0.15, 0.2) is 41.3 Å². The zero-order chi connectivity index (χ0) is 23.0. The number of likely N-dealkylation sites (N-methyl/N-ethyl adjacent to an activating group) is 1. The van der Waals surface area contributed by atoms with Crippen LogP contribution >= 0.6 is 11.6 Å². The second kappa shape index (κ2) is 11.2. The summed E-state index contributed by atoms with van der Waals surface area (Å²) in [4.78, 5) is 12.2. The highest BCUT2D eigenvalue weighted by Crippen LogP contribution is 2.29. The number of carbonyl (C=O) groups is 1. The van der Waals surface area contributed by atoms with Crippen LogP contribution in [0.4, 0.5) is 0 Å². The summed E-state index contributed by atoms with van der Waals surface area (Å²) in [5.74, 6) is 1.21. The molecule has 0 aliphatic rings. The van der Waals surface area contributed by atoms with E-state index in [1.165, 1.54) is 25.2 Å². The monoisotopic (exact) mass is 470 g/mol. The average Bonchev–Trinajstić information content (AvgIpc) is 2.74. The smallest absolute Gasteiger partial charge is 0.243 e. The van der Waals surface area contributed by atoms with E-state index >= 15 is 0 Å². The van der Waals surface area contributed by atoms with Gasteiger partial charge in [0.25, 0.3) is 0 Å². The van der Waals surface area contributed by atoms with Crippen molar-refractivity contribution in [2.24, 2.45) is 0 Å². The molecule has 0 bridgehead atoms. The zero-order valence-electron chi connectivity index (χ0n) is 18.0. The molecule has 2 aromatic rings. The molecule has 0 saturated heterocycles. The van der Waals surface area contributed by atoms with Crippen molar-refractivity contribution in [3.63, 3.8) is 0 Å². The Morgan fingerprint density at radius 1 is 1.06 bits per heavy atom. The Morgan fingerprint density at radius 2 is 1.74 bits per heavy atom. The molecule has 0 radical (unpaired) electrons. The molecule has 0 saturated carbocycles. The minimum Gasteiger partial charge on any atom is -0.493 e. The number of halogens is 1. The number of nitrogens with one attached hydrogen (secondary N) is 1. The third-order valence-electron chi connectivity index (χ3n) is 4.46. The van der Waals surface area contributed by atoms with Gasteiger partial charge in [0.15, 0.2) is 11.5 Å². The van der Waals surface area contributed by atoms with Gasteiger partial charge in [-0.1, -0.05) is 17.7 Å². The van der Waals surface area contributed by atoms with Gasteiger partial charge in [0.05, 0.1) is 37.3 Å². The maximum absolute atomic E-state index is 12.7. The van der Waals surface area contributed by atoms with Crippen LogP contribution in [0, 0.1) is 0 Å². The third kappa shape index (κ3) is 6.49. The molecule has 0 spiro atoms. The molecule has 0 aromatic heterocycles. The van der Waals surface area contributed by atoms with Crippen molar-refractivity contribution in [2.45, 2.75) is 18.2 Å². The minimum atomic E-state index is -3.88. The Morgan fingerprint density at radius 3 is 2.35 bits per heavy atom. The summed E-state index contributed by atoms with van der Waals surface area (Å²) in [6.07, 6.45) is 0.553. The number of hydrogen-bond acceptors (Lipinski definition) is 6. The Hall–Kier alpha value is -2.49. The van der Waals surface area contributed by atoms with Crippen molar-refractivity contribution < 1.29 is 27.4 Å². The van der Waals surface area contributed by atoms with Crippen molar-refractivity contribution in [1.29, 1.82) is 0 Å². The van der Waals surface area contributed by atoms with Crippen LogP contribution in [0.25, 0.3) is 0 Å². The molecule has 8 nitrogen and oxygen atoms in total. The van der Waals surface area contributed by atoms with Gasteiger partial charge in [-0.2, -0.15) is 4.31 Å². The van der Waals surface area contributed by atoms with Gasteiger partial charge in [-0.25, -0.2) is 8.42 Å². The van der Waals surface area contributed by atoms with Crippen molar-refractivity contribution in [2.75, 3.05) is 41.0 Å². The number of nitrogens with zero attached hydrogens (tertiary/aromatic N) is 1. The molecule has 2 aromatic carbocycles. The number of hydrogen-bond donors (Lipinski definition) is 1. The summed E-state index contributed by atoms with van der Waals surface area (Å²) in [5.41, 5.74) is 0.947. The summed E-state index contributed by atoms with van der Waals surface area (Å²) in [5, 5.41) is 2.92. The molecule has 2 rings (SSSR count). The first kappa shape index (κ1) is 24.8. The van der Waals surface area contributed by atoms with E-state index in [9.17, 15) is 13.2 Å². The maximum Gasteiger partial charge on any atom is 0.243 e. The summed E-state index contributed by atoms with van der Waals surface area (Å²) in [6, 6.07) is 9.70. The van der Waals surface area contributed by atoms with Crippen molar-refractivity contribution in [3.05, 3.63) is 47.0 Å². The van der Waals surface area contributed by atoms with E-state index < -0.39 is 15.9 Å².